The Labute approximate surface area is 185 Å². The van der Waals surface area contributed by atoms with Crippen LogP contribution in [-0.4, -0.2) is 49.6 Å². The Morgan fingerprint density at radius 3 is 1.60 bits per heavy atom. The fourth-order valence-electron chi connectivity index (χ4n) is 2.17. The summed E-state index contributed by atoms with van der Waals surface area (Å²) in [5.41, 5.74) is -0.293. The SMILES string of the molecule is CC(C)(C)OC(=O)CSc1nc(SCC(=O)OC(C)(C)C)nc(-c2ccccc2)n1. The lowest BCUT2D eigenvalue weighted by Crippen LogP contribution is -2.25. The lowest BCUT2D eigenvalue weighted by Gasteiger charge is -2.19. The predicted octanol–water partition coefficient (Wildman–Crippen LogP) is 4.41. The van der Waals surface area contributed by atoms with E-state index in [1.165, 1.54) is 23.5 Å². The molecule has 1 heterocycles. The Bertz CT molecular complexity index is 828. The third-order valence-corrected chi connectivity index (χ3v) is 4.75. The molecule has 7 nitrogen and oxygen atoms in total. The molecule has 2 aromatic rings. The maximum absolute atomic E-state index is 12.0. The third kappa shape index (κ3) is 9.13. The molecule has 0 saturated heterocycles. The van der Waals surface area contributed by atoms with E-state index in [4.69, 9.17) is 9.47 Å². The van der Waals surface area contributed by atoms with Gasteiger partial charge in [-0.25, -0.2) is 9.97 Å². The fourth-order valence-corrected chi connectivity index (χ4v) is 3.45. The number of carbonyl (C=O) groups is 2. The first kappa shape index (κ1) is 24.1. The Kier molecular flexibility index (Phi) is 8.25. The number of rotatable bonds is 7. The molecule has 0 aliphatic carbocycles. The molecular weight excluding hydrogens is 422 g/mol. The maximum Gasteiger partial charge on any atom is 0.316 e. The summed E-state index contributed by atoms with van der Waals surface area (Å²) >= 11 is 2.34. The summed E-state index contributed by atoms with van der Waals surface area (Å²) in [6.07, 6.45) is 0. The van der Waals surface area contributed by atoms with Gasteiger partial charge in [-0.2, -0.15) is 4.98 Å². The minimum atomic E-state index is -0.555. The van der Waals surface area contributed by atoms with Gasteiger partial charge in [0, 0.05) is 5.56 Å². The van der Waals surface area contributed by atoms with Crippen molar-refractivity contribution >= 4 is 35.5 Å². The molecule has 0 bridgehead atoms. The second kappa shape index (κ2) is 10.3. The van der Waals surface area contributed by atoms with Gasteiger partial charge in [-0.15, -0.1) is 0 Å². The van der Waals surface area contributed by atoms with Crippen LogP contribution < -0.4 is 0 Å². The first-order valence-corrected chi connectivity index (χ1v) is 11.4. The van der Waals surface area contributed by atoms with Crippen LogP contribution in [0.2, 0.25) is 0 Å². The van der Waals surface area contributed by atoms with Crippen molar-refractivity contribution in [3.05, 3.63) is 30.3 Å². The lowest BCUT2D eigenvalue weighted by molar-refractivity contribution is -0.152. The van der Waals surface area contributed by atoms with Gasteiger partial charge < -0.3 is 9.47 Å². The highest BCUT2D eigenvalue weighted by Gasteiger charge is 2.19. The zero-order valence-corrected chi connectivity index (χ0v) is 19.7. The molecular formula is C21H27N3O4S2. The van der Waals surface area contributed by atoms with Crippen LogP contribution >= 0.6 is 23.5 Å². The average Bonchev–Trinajstić information content (AvgIpc) is 2.63. The number of thioether (sulfide) groups is 2. The van der Waals surface area contributed by atoms with Gasteiger partial charge in [-0.05, 0) is 41.5 Å². The molecule has 162 valence electrons. The first-order chi connectivity index (χ1) is 13.9. The Morgan fingerprint density at radius 2 is 1.20 bits per heavy atom. The van der Waals surface area contributed by atoms with Gasteiger partial charge in [0.15, 0.2) is 16.1 Å². The van der Waals surface area contributed by atoms with Gasteiger partial charge in [0.25, 0.3) is 0 Å². The van der Waals surface area contributed by atoms with Crippen LogP contribution in [0, 0.1) is 0 Å². The van der Waals surface area contributed by atoms with Gasteiger partial charge in [-0.3, -0.25) is 9.59 Å². The molecule has 0 N–H and O–H groups in total. The minimum absolute atomic E-state index is 0.0751. The maximum atomic E-state index is 12.0. The van der Waals surface area contributed by atoms with E-state index in [1.54, 1.807) is 0 Å². The number of esters is 2. The highest BCUT2D eigenvalue weighted by molar-refractivity contribution is 8.00. The lowest BCUT2D eigenvalue weighted by atomic mass is 10.2. The topological polar surface area (TPSA) is 91.3 Å². The van der Waals surface area contributed by atoms with Crippen molar-refractivity contribution in [1.29, 1.82) is 0 Å². The number of nitrogens with zero attached hydrogens (tertiary/aromatic N) is 3. The van der Waals surface area contributed by atoms with Crippen LogP contribution in [0.4, 0.5) is 0 Å². The average molecular weight is 450 g/mol. The molecule has 0 unspecified atom stereocenters. The molecule has 0 saturated carbocycles. The summed E-state index contributed by atoms with van der Waals surface area (Å²) in [6.45, 7) is 10.9. The monoisotopic (exact) mass is 449 g/mol. The summed E-state index contributed by atoms with van der Waals surface area (Å²) in [6, 6.07) is 9.46. The Hall–Kier alpha value is -2.13. The summed E-state index contributed by atoms with van der Waals surface area (Å²) in [5, 5.41) is 0.780. The van der Waals surface area contributed by atoms with Gasteiger partial charge in [0.05, 0.1) is 11.5 Å². The predicted molar refractivity (Wildman–Crippen MR) is 118 cm³/mol. The molecule has 1 aromatic heterocycles. The molecule has 0 fully saturated rings. The van der Waals surface area contributed by atoms with Gasteiger partial charge >= 0.3 is 11.9 Å². The van der Waals surface area contributed by atoms with Crippen LogP contribution in [0.5, 0.6) is 0 Å². The normalized spacial score (nSPS) is 11.8. The van der Waals surface area contributed by atoms with Gasteiger partial charge in [0.2, 0.25) is 0 Å². The van der Waals surface area contributed by atoms with Crippen molar-refractivity contribution < 1.29 is 19.1 Å². The molecule has 0 radical (unpaired) electrons. The zero-order chi connectivity index (χ0) is 22.4. The largest absolute Gasteiger partial charge is 0.459 e. The van der Waals surface area contributed by atoms with Crippen molar-refractivity contribution in [2.45, 2.75) is 63.1 Å². The van der Waals surface area contributed by atoms with E-state index in [9.17, 15) is 9.59 Å². The molecule has 9 heteroatoms. The van der Waals surface area contributed by atoms with Gasteiger partial charge in [0.1, 0.15) is 11.2 Å². The van der Waals surface area contributed by atoms with Crippen molar-refractivity contribution in [3.63, 3.8) is 0 Å². The highest BCUT2D eigenvalue weighted by Crippen LogP contribution is 2.24. The molecule has 0 amide bonds. The minimum Gasteiger partial charge on any atom is -0.459 e. The van der Waals surface area contributed by atoms with E-state index < -0.39 is 11.2 Å². The smallest absolute Gasteiger partial charge is 0.316 e. The number of carbonyl (C=O) groups excluding carboxylic acids is 2. The second-order valence-electron chi connectivity index (χ2n) is 8.34. The molecule has 0 aliphatic heterocycles. The zero-order valence-electron chi connectivity index (χ0n) is 18.1. The first-order valence-electron chi connectivity index (χ1n) is 9.42. The molecule has 0 aliphatic rings. The molecule has 0 spiro atoms. The van der Waals surface area contributed by atoms with E-state index >= 15 is 0 Å². The standard InChI is InChI=1S/C21H27N3O4S2/c1-20(2,3)27-15(25)12-29-18-22-17(14-10-8-7-9-11-14)23-19(24-18)30-13-16(26)28-21(4,5)6/h7-11H,12-13H2,1-6H3. The van der Waals surface area contributed by atoms with Crippen LogP contribution in [0.25, 0.3) is 11.4 Å². The summed E-state index contributed by atoms with van der Waals surface area (Å²) in [5.74, 6) is -0.0737. The van der Waals surface area contributed by atoms with Crippen molar-refractivity contribution in [1.82, 2.24) is 15.0 Å². The summed E-state index contributed by atoms with van der Waals surface area (Å²) in [7, 11) is 0. The summed E-state index contributed by atoms with van der Waals surface area (Å²) < 4.78 is 10.7. The highest BCUT2D eigenvalue weighted by atomic mass is 32.2. The number of aromatic nitrogens is 3. The number of hydrogen-bond acceptors (Lipinski definition) is 9. The Balaban J connectivity index is 2.17. The molecule has 0 atom stereocenters. The molecule has 2 rings (SSSR count). The third-order valence-electron chi connectivity index (χ3n) is 3.10. The van der Waals surface area contributed by atoms with Crippen molar-refractivity contribution in [2.75, 3.05) is 11.5 Å². The van der Waals surface area contributed by atoms with E-state index in [-0.39, 0.29) is 23.4 Å². The quantitative estimate of drug-likeness (QED) is 0.450. The van der Waals surface area contributed by atoms with Crippen LogP contribution in [0.1, 0.15) is 41.5 Å². The van der Waals surface area contributed by atoms with Crippen LogP contribution in [0.15, 0.2) is 40.6 Å². The van der Waals surface area contributed by atoms with E-state index in [2.05, 4.69) is 15.0 Å². The van der Waals surface area contributed by atoms with E-state index in [1.807, 2.05) is 71.9 Å². The molecule has 1 aromatic carbocycles. The summed E-state index contributed by atoms with van der Waals surface area (Å²) in [4.78, 5) is 37.4. The van der Waals surface area contributed by atoms with Crippen LogP contribution in [-0.2, 0) is 19.1 Å². The number of benzene rings is 1. The number of hydrogen-bond donors (Lipinski definition) is 0. The fraction of sp³-hybridized carbons (Fsp3) is 0.476. The number of ether oxygens (including phenoxy) is 2. The van der Waals surface area contributed by atoms with E-state index in [0.29, 0.717) is 16.1 Å². The van der Waals surface area contributed by atoms with E-state index in [0.717, 1.165) is 5.56 Å². The van der Waals surface area contributed by atoms with Crippen molar-refractivity contribution in [2.24, 2.45) is 0 Å². The molecule has 30 heavy (non-hydrogen) atoms. The van der Waals surface area contributed by atoms with Crippen molar-refractivity contribution in [3.8, 4) is 11.4 Å². The Morgan fingerprint density at radius 1 is 0.767 bits per heavy atom. The van der Waals surface area contributed by atoms with Gasteiger partial charge in [-0.1, -0.05) is 53.9 Å². The van der Waals surface area contributed by atoms with Crippen LogP contribution in [0.3, 0.4) is 0 Å². The second-order valence-corrected chi connectivity index (χ2v) is 10.2.